The first-order valence-electron chi connectivity index (χ1n) is 10.9. The molecule has 1 unspecified atom stereocenters. The Labute approximate surface area is 181 Å². The lowest BCUT2D eigenvalue weighted by molar-refractivity contribution is -0.144. The SMILES string of the molecule is N[C@H](c1nc2cc(C(NC(=O)CCC(F)(F)F)C3CC3)ccc2o1)C1CCC(F)(F)CC1. The van der Waals surface area contributed by atoms with Gasteiger partial charge in [0.25, 0.3) is 0 Å². The van der Waals surface area contributed by atoms with Gasteiger partial charge in [0.15, 0.2) is 5.58 Å². The maximum Gasteiger partial charge on any atom is 0.389 e. The van der Waals surface area contributed by atoms with Crippen molar-refractivity contribution >= 4 is 17.0 Å². The van der Waals surface area contributed by atoms with Gasteiger partial charge in [-0.25, -0.2) is 13.8 Å². The van der Waals surface area contributed by atoms with Crippen LogP contribution in [-0.4, -0.2) is 23.0 Å². The molecule has 2 aliphatic carbocycles. The van der Waals surface area contributed by atoms with Crippen molar-refractivity contribution in [3.05, 3.63) is 29.7 Å². The van der Waals surface area contributed by atoms with Gasteiger partial charge >= 0.3 is 6.18 Å². The van der Waals surface area contributed by atoms with Crippen molar-refractivity contribution < 1.29 is 31.2 Å². The molecule has 0 radical (unpaired) electrons. The van der Waals surface area contributed by atoms with Gasteiger partial charge in [-0.1, -0.05) is 6.07 Å². The molecular formula is C22H26F5N3O2. The first-order chi connectivity index (χ1) is 15.0. The summed E-state index contributed by atoms with van der Waals surface area (Å²) in [6.45, 7) is 0. The molecular weight excluding hydrogens is 433 g/mol. The predicted molar refractivity (Wildman–Crippen MR) is 107 cm³/mol. The fraction of sp³-hybridized carbons (Fsp3) is 0.636. The van der Waals surface area contributed by atoms with E-state index >= 15 is 0 Å². The van der Waals surface area contributed by atoms with Gasteiger partial charge in [0.05, 0.1) is 18.5 Å². The topological polar surface area (TPSA) is 81.1 Å². The Hall–Kier alpha value is -2.23. The van der Waals surface area contributed by atoms with E-state index in [1.807, 2.05) is 0 Å². The number of oxazole rings is 1. The fourth-order valence-electron chi connectivity index (χ4n) is 4.33. The van der Waals surface area contributed by atoms with Gasteiger partial charge in [-0.3, -0.25) is 4.79 Å². The van der Waals surface area contributed by atoms with Gasteiger partial charge in [0.2, 0.25) is 17.7 Å². The van der Waals surface area contributed by atoms with Crippen molar-refractivity contribution in [2.24, 2.45) is 17.6 Å². The van der Waals surface area contributed by atoms with Crippen molar-refractivity contribution in [2.75, 3.05) is 0 Å². The Morgan fingerprint density at radius 2 is 1.88 bits per heavy atom. The van der Waals surface area contributed by atoms with Gasteiger partial charge in [-0.2, -0.15) is 13.2 Å². The molecule has 1 aromatic heterocycles. The lowest BCUT2D eigenvalue weighted by Crippen LogP contribution is -2.31. The minimum absolute atomic E-state index is 0.144. The van der Waals surface area contributed by atoms with E-state index in [1.54, 1.807) is 18.2 Å². The molecule has 1 amide bonds. The summed E-state index contributed by atoms with van der Waals surface area (Å²) in [7, 11) is 0. The van der Waals surface area contributed by atoms with E-state index in [4.69, 9.17) is 10.2 Å². The van der Waals surface area contributed by atoms with Crippen LogP contribution >= 0.6 is 0 Å². The minimum Gasteiger partial charge on any atom is -0.439 e. The summed E-state index contributed by atoms with van der Waals surface area (Å²) in [5.74, 6) is -2.98. The molecule has 2 fully saturated rings. The van der Waals surface area contributed by atoms with Gasteiger partial charge in [-0.05, 0) is 55.2 Å². The van der Waals surface area contributed by atoms with Crippen LogP contribution < -0.4 is 11.1 Å². The van der Waals surface area contributed by atoms with E-state index < -0.39 is 42.9 Å². The highest BCUT2D eigenvalue weighted by molar-refractivity contribution is 5.77. The lowest BCUT2D eigenvalue weighted by Gasteiger charge is -2.30. The maximum atomic E-state index is 13.4. The summed E-state index contributed by atoms with van der Waals surface area (Å²) < 4.78 is 69.9. The molecule has 0 saturated heterocycles. The van der Waals surface area contributed by atoms with Crippen LogP contribution in [0.2, 0.25) is 0 Å². The Morgan fingerprint density at radius 1 is 1.19 bits per heavy atom. The van der Waals surface area contributed by atoms with Crippen LogP contribution in [0.1, 0.15) is 74.9 Å². The number of nitrogens with two attached hydrogens (primary N) is 1. The van der Waals surface area contributed by atoms with Crippen molar-refractivity contribution in [2.45, 2.75) is 75.5 Å². The zero-order valence-corrected chi connectivity index (χ0v) is 17.4. The molecule has 0 aliphatic heterocycles. The van der Waals surface area contributed by atoms with Crippen LogP contribution in [0.15, 0.2) is 22.6 Å². The Balaban J connectivity index is 1.47. The highest BCUT2D eigenvalue weighted by Gasteiger charge is 2.38. The highest BCUT2D eigenvalue weighted by Crippen LogP contribution is 2.43. The van der Waals surface area contributed by atoms with Crippen LogP contribution in [0.4, 0.5) is 22.0 Å². The number of hydrogen-bond acceptors (Lipinski definition) is 4. The van der Waals surface area contributed by atoms with E-state index in [9.17, 15) is 26.7 Å². The second-order valence-electron chi connectivity index (χ2n) is 9.00. The third-order valence-corrected chi connectivity index (χ3v) is 6.39. The highest BCUT2D eigenvalue weighted by atomic mass is 19.4. The zero-order valence-electron chi connectivity index (χ0n) is 17.4. The Bertz CT molecular complexity index is 960. The predicted octanol–water partition coefficient (Wildman–Crippen LogP) is 5.56. The van der Waals surface area contributed by atoms with Gasteiger partial charge in [0, 0.05) is 19.3 Å². The van der Waals surface area contributed by atoms with E-state index in [0.717, 1.165) is 18.4 Å². The number of nitrogens with zero attached hydrogens (tertiary/aromatic N) is 1. The lowest BCUT2D eigenvalue weighted by atomic mass is 9.82. The van der Waals surface area contributed by atoms with Crippen molar-refractivity contribution in [3.63, 3.8) is 0 Å². The Kier molecular flexibility index (Phi) is 6.17. The zero-order chi connectivity index (χ0) is 23.1. The van der Waals surface area contributed by atoms with Crippen LogP contribution in [0, 0.1) is 11.8 Å². The number of rotatable bonds is 7. The monoisotopic (exact) mass is 459 g/mol. The van der Waals surface area contributed by atoms with Crippen LogP contribution in [0.5, 0.6) is 0 Å². The van der Waals surface area contributed by atoms with Gasteiger partial charge < -0.3 is 15.5 Å². The third-order valence-electron chi connectivity index (χ3n) is 6.39. The van der Waals surface area contributed by atoms with Crippen LogP contribution in [0.25, 0.3) is 11.1 Å². The molecule has 3 N–H and O–H groups in total. The first-order valence-corrected chi connectivity index (χ1v) is 10.9. The third kappa shape index (κ3) is 5.57. The average Bonchev–Trinajstić information content (AvgIpc) is 3.47. The van der Waals surface area contributed by atoms with Gasteiger partial charge in [-0.15, -0.1) is 0 Å². The molecule has 2 atom stereocenters. The number of benzene rings is 1. The second kappa shape index (κ2) is 8.61. The minimum atomic E-state index is -4.38. The first kappa shape index (κ1) is 22.9. The number of halogens is 5. The summed E-state index contributed by atoms with van der Waals surface area (Å²) in [6.07, 6.45) is -4.20. The fourth-order valence-corrected chi connectivity index (χ4v) is 4.33. The molecule has 5 nitrogen and oxygen atoms in total. The number of carbonyl (C=O) groups excluding carboxylic acids is 1. The molecule has 176 valence electrons. The van der Waals surface area contributed by atoms with E-state index in [2.05, 4.69) is 10.3 Å². The average molecular weight is 459 g/mol. The molecule has 2 saturated carbocycles. The van der Waals surface area contributed by atoms with Crippen molar-refractivity contribution in [1.82, 2.24) is 10.3 Å². The van der Waals surface area contributed by atoms with E-state index in [0.29, 0.717) is 23.9 Å². The molecule has 2 aromatic rings. The smallest absolute Gasteiger partial charge is 0.389 e. The molecule has 10 heteroatoms. The summed E-state index contributed by atoms with van der Waals surface area (Å²) in [5.41, 5.74) is 8.01. The summed E-state index contributed by atoms with van der Waals surface area (Å²) in [4.78, 5) is 16.5. The second-order valence-corrected chi connectivity index (χ2v) is 9.00. The summed E-state index contributed by atoms with van der Waals surface area (Å²) >= 11 is 0. The quantitative estimate of drug-likeness (QED) is 0.531. The van der Waals surface area contributed by atoms with Crippen LogP contribution in [0.3, 0.4) is 0 Å². The van der Waals surface area contributed by atoms with Gasteiger partial charge in [0.1, 0.15) is 5.52 Å². The number of carbonyl (C=O) groups is 1. The van der Waals surface area contributed by atoms with E-state index in [1.165, 1.54) is 0 Å². The number of fused-ring (bicyclic) bond motifs is 1. The number of nitrogens with one attached hydrogen (secondary N) is 1. The molecule has 32 heavy (non-hydrogen) atoms. The summed E-state index contributed by atoms with van der Waals surface area (Å²) in [6, 6.07) is 4.21. The van der Waals surface area contributed by atoms with Crippen molar-refractivity contribution in [1.29, 1.82) is 0 Å². The number of aromatic nitrogens is 1. The van der Waals surface area contributed by atoms with Crippen LogP contribution in [-0.2, 0) is 4.79 Å². The molecule has 0 bridgehead atoms. The number of alkyl halides is 5. The number of hydrogen-bond donors (Lipinski definition) is 2. The standard InChI is InChI=1S/C22H26F5N3O2/c23-21(24)8-5-12(6-9-21)18(28)20-29-15-11-14(3-4-16(15)32-20)19(13-1-2-13)30-17(31)7-10-22(25,26)27/h3-4,11-13,18-19H,1-2,5-10,28H2,(H,30,31)/t18-,19?/m0/s1. The van der Waals surface area contributed by atoms with E-state index in [-0.39, 0.29) is 30.6 Å². The summed E-state index contributed by atoms with van der Waals surface area (Å²) in [5, 5.41) is 2.73. The molecule has 1 heterocycles. The molecule has 1 aromatic carbocycles. The molecule has 0 spiro atoms. The van der Waals surface area contributed by atoms with Crippen molar-refractivity contribution in [3.8, 4) is 0 Å². The molecule has 2 aliphatic rings. The number of amides is 1. The Morgan fingerprint density at radius 3 is 2.50 bits per heavy atom. The maximum absolute atomic E-state index is 13.4. The molecule has 4 rings (SSSR count). The largest absolute Gasteiger partial charge is 0.439 e. The normalized spacial score (nSPS) is 21.4.